The van der Waals surface area contributed by atoms with E-state index in [-0.39, 0.29) is 84.3 Å². The number of nitrogens with two attached hydrogens (primary N) is 4. The normalized spacial score (nSPS) is 13.1. The highest BCUT2D eigenvalue weighted by molar-refractivity contribution is 6.37. The number of carbonyl (C=O) groups excluding carboxylic acids is 6. The molecule has 724 valence electrons. The fourth-order valence-electron chi connectivity index (χ4n) is 16.0. The Morgan fingerprint density at radius 3 is 1.01 bits per heavy atom. The third-order valence-electron chi connectivity index (χ3n) is 23.4. The van der Waals surface area contributed by atoms with E-state index in [9.17, 15) is 28.8 Å². The number of rotatable bonds is 22. The van der Waals surface area contributed by atoms with E-state index in [1.807, 2.05) is 104 Å². The molecule has 1 atom stereocenters. The van der Waals surface area contributed by atoms with Crippen LogP contribution in [0.2, 0.25) is 20.1 Å². The maximum absolute atomic E-state index is 13.1. The molecule has 2 fully saturated rings. The Balaban J connectivity index is 0.000000131. The first-order valence-electron chi connectivity index (χ1n) is 44.8. The molecule has 8 N–H and O–H groups in total. The molecular weight excluding hydrogens is 1910 g/mol. The highest BCUT2D eigenvalue weighted by Crippen LogP contribution is 2.41. The van der Waals surface area contributed by atoms with E-state index in [0.717, 1.165) is 53.0 Å². The van der Waals surface area contributed by atoms with Gasteiger partial charge in [0.25, 0.3) is 0 Å². The van der Waals surface area contributed by atoms with E-state index in [1.165, 1.54) is 0 Å². The largest absolute Gasteiger partial charge is 0.462 e. The van der Waals surface area contributed by atoms with Crippen LogP contribution in [0.25, 0.3) is 134 Å². The molecule has 0 aliphatic carbocycles. The van der Waals surface area contributed by atoms with Crippen molar-refractivity contribution in [3.63, 3.8) is 0 Å². The van der Waals surface area contributed by atoms with Crippen molar-refractivity contribution in [2.24, 2.45) is 47.1 Å². The van der Waals surface area contributed by atoms with Gasteiger partial charge in [-0.2, -0.15) is 20.4 Å². The number of benzene rings is 5. The molecule has 0 radical (unpaired) electrons. The predicted octanol–water partition coefficient (Wildman–Crippen LogP) is 15.7. The third kappa shape index (κ3) is 22.3. The number of hydrogen-bond donors (Lipinski definition) is 4. The second-order valence-electron chi connectivity index (χ2n) is 33.7. The Hall–Kier alpha value is -16.7. The number of nitrogens with zero attached hydrogens (tertiary/aromatic N) is 23. The number of piperidine rings is 1. The maximum Gasteiger partial charge on any atom is 0.361 e. The highest BCUT2D eigenvalue weighted by atomic mass is 35.5. The molecule has 0 bridgehead atoms. The Labute approximate surface area is 836 Å². The molecule has 18 aromatic rings. The van der Waals surface area contributed by atoms with Gasteiger partial charge in [-0.1, -0.05) is 82.8 Å². The number of hydrogen-bond acceptors (Lipinski definition) is 32. The summed E-state index contributed by atoms with van der Waals surface area (Å²) >= 11 is 26.1. The van der Waals surface area contributed by atoms with E-state index in [0.29, 0.717) is 169 Å². The summed E-state index contributed by atoms with van der Waals surface area (Å²) in [5.41, 5.74) is 36.9. The number of aryl methyl sites for hydroxylation is 5. The predicted molar refractivity (Wildman–Crippen MR) is 540 cm³/mol. The minimum absolute atomic E-state index is 0.00340. The Kier molecular flexibility index (Phi) is 29.4. The minimum Gasteiger partial charge on any atom is -0.462 e. The standard InChI is InChI=1S/C28H23ClN6O4.C25H26ClN7O2.C24H22ClN7O3.C24H20ClN7O2/c1-3-38-27(36)17-8-6-16(7-9-17)15-39-28(37)25-26(30)33-24(21-10-12-35(2)34-21)23(32-25)19-13-18-5-4-11-31-22(18)20(29)14-19;1-32-9-5-15(6-10-32)14-35-25(34)23-24(27)30-22(19-7-11-33(2)31-19)21(29-23)17-12-16-4-3-8-28-20(16)18(26)13-17;1-31-8-5-14(23(31)33)12-35-24(34)21-22(26)29-20(17-6-9-32(2)30-17)19(28-21)15-10-13-4-3-7-27-18(13)16(25)11-15;1-31-8-5-14(12-31)13-34-24(33)22-23(26)29-21(18-6-9-32(2)30-18)20(28-22)16-10-15-4-3-7-27-19(15)17(25)11-16/h4-14H,3,15H2,1-2H3,(H2,30,33);3-4,7-8,11-13,15H,5-6,9-10,14H2,1-2H3,(H2,27,30);3-4,6-7,9-11,14H,5,8,12H2,1-2H3,(H2,26,29);3-12H,13H2,1-2H3,(H2,26,29). The van der Waals surface area contributed by atoms with Crippen LogP contribution in [0.5, 0.6) is 0 Å². The molecule has 0 saturated carbocycles. The van der Waals surface area contributed by atoms with Gasteiger partial charge in [-0.3, -0.25) is 43.5 Å². The lowest BCUT2D eigenvalue weighted by molar-refractivity contribution is -0.130. The number of carbonyl (C=O) groups is 6. The second-order valence-corrected chi connectivity index (χ2v) is 35.3. The lowest BCUT2D eigenvalue weighted by Gasteiger charge is -2.28. The molecule has 13 aromatic heterocycles. The van der Waals surface area contributed by atoms with Crippen LogP contribution in [-0.2, 0) is 76.9 Å². The number of anilines is 4. The van der Waals surface area contributed by atoms with Crippen molar-refractivity contribution in [1.82, 2.24) is 113 Å². The molecule has 2 aliphatic heterocycles. The van der Waals surface area contributed by atoms with Crippen LogP contribution in [0.3, 0.4) is 0 Å². The van der Waals surface area contributed by atoms with Crippen LogP contribution >= 0.6 is 46.4 Å². The summed E-state index contributed by atoms with van der Waals surface area (Å²) in [7, 11) is 12.9. The Morgan fingerprint density at radius 1 is 0.364 bits per heavy atom. The first kappa shape index (κ1) is 97.9. The number of halogens is 4. The fraction of sp³-hybridized carbons (Fsp3) is 0.208. The van der Waals surface area contributed by atoms with Crippen molar-refractivity contribution in [3.05, 3.63) is 273 Å². The molecule has 5 aromatic carbocycles. The van der Waals surface area contributed by atoms with Gasteiger partial charge in [-0.25, -0.2) is 63.8 Å². The van der Waals surface area contributed by atoms with E-state index in [2.05, 4.69) is 92.2 Å². The number of esters is 5. The van der Waals surface area contributed by atoms with Crippen LogP contribution in [0.4, 0.5) is 23.3 Å². The molecule has 1 amide bonds. The number of amides is 1. The molecular formula is C101H91Cl4N27O11. The van der Waals surface area contributed by atoms with Gasteiger partial charge in [0, 0.05) is 160 Å². The van der Waals surface area contributed by atoms with Gasteiger partial charge in [0.2, 0.25) is 5.91 Å². The monoisotopic (exact) mass is 2000 g/mol. The fourth-order valence-corrected chi connectivity index (χ4v) is 17.1. The van der Waals surface area contributed by atoms with Gasteiger partial charge >= 0.3 is 29.8 Å². The topological polar surface area (TPSA) is 490 Å². The first-order valence-corrected chi connectivity index (χ1v) is 46.3. The van der Waals surface area contributed by atoms with Crippen molar-refractivity contribution in [2.45, 2.75) is 39.4 Å². The van der Waals surface area contributed by atoms with Crippen molar-refractivity contribution in [2.75, 3.05) is 76.5 Å². The van der Waals surface area contributed by atoms with E-state index in [1.54, 1.807) is 187 Å². The lowest BCUT2D eigenvalue weighted by atomic mass is 9.98. The van der Waals surface area contributed by atoms with Crippen LogP contribution < -0.4 is 22.9 Å². The minimum atomic E-state index is -0.753. The van der Waals surface area contributed by atoms with Crippen molar-refractivity contribution < 1.29 is 52.5 Å². The quantitative estimate of drug-likeness (QED) is 0.0361. The van der Waals surface area contributed by atoms with E-state index >= 15 is 0 Å². The molecule has 2 saturated heterocycles. The second kappa shape index (κ2) is 43.0. The van der Waals surface area contributed by atoms with Gasteiger partial charge in [-0.15, -0.1) is 0 Å². The number of nitrogen functional groups attached to an aromatic ring is 4. The Bertz CT molecular complexity index is 7940. The van der Waals surface area contributed by atoms with Crippen LogP contribution in [0.15, 0.2) is 214 Å². The molecule has 38 nitrogen and oxygen atoms in total. The Morgan fingerprint density at radius 2 is 0.699 bits per heavy atom. The molecule has 143 heavy (non-hydrogen) atoms. The average Bonchev–Trinajstić information content (AvgIpc) is 1.77. The highest BCUT2D eigenvalue weighted by Gasteiger charge is 2.34. The number of likely N-dealkylation sites (tertiary alicyclic amines) is 2. The number of fused-ring (bicyclic) bond motifs is 4. The molecule has 42 heteroatoms. The summed E-state index contributed by atoms with van der Waals surface area (Å²) < 4.78 is 35.4. The van der Waals surface area contributed by atoms with Gasteiger partial charge in [0.05, 0.1) is 89.6 Å². The average molecular weight is 2000 g/mol. The lowest BCUT2D eigenvalue weighted by Crippen LogP contribution is -2.32. The molecule has 0 spiro atoms. The zero-order chi connectivity index (χ0) is 101. The summed E-state index contributed by atoms with van der Waals surface area (Å²) in [6.07, 6.45) is 20.1. The maximum atomic E-state index is 13.1. The van der Waals surface area contributed by atoms with Crippen LogP contribution in [0.1, 0.15) is 89.6 Å². The smallest absolute Gasteiger partial charge is 0.361 e. The van der Waals surface area contributed by atoms with Gasteiger partial charge in [-0.05, 0) is 173 Å². The molecule has 15 heterocycles. The molecule has 20 rings (SSSR count). The van der Waals surface area contributed by atoms with Crippen molar-refractivity contribution >= 4 is 149 Å². The van der Waals surface area contributed by atoms with Crippen LogP contribution in [0, 0.1) is 11.8 Å². The zero-order valence-electron chi connectivity index (χ0n) is 78.2. The number of aromatic nitrogens is 21. The zero-order valence-corrected chi connectivity index (χ0v) is 81.3. The van der Waals surface area contributed by atoms with Crippen molar-refractivity contribution in [1.29, 1.82) is 0 Å². The third-order valence-corrected chi connectivity index (χ3v) is 24.5. The van der Waals surface area contributed by atoms with Crippen LogP contribution in [-0.4, -0.2) is 203 Å². The van der Waals surface area contributed by atoms with Gasteiger partial charge in [0.15, 0.2) is 46.0 Å². The van der Waals surface area contributed by atoms with E-state index < -0.39 is 29.8 Å². The molecule has 2 aliphatic rings. The summed E-state index contributed by atoms with van der Waals surface area (Å²) in [6.45, 7) is 4.94. The first-order chi connectivity index (χ1) is 68.9. The number of pyridine rings is 4. The van der Waals surface area contributed by atoms with Gasteiger partial charge < -0.3 is 61.0 Å². The summed E-state index contributed by atoms with van der Waals surface area (Å²) in [6, 6.07) is 44.9. The SMILES string of the molecule is CCOC(=O)c1ccc(COC(=O)c2nc(-c3cc(Cl)c4ncccc4c3)c(-c3ccn(C)n3)nc2N)cc1.CN1CCC(COC(=O)c2nc(-c3cc(Cl)c4ncccc4c3)c(-c3ccn(C)n3)nc2N)C1=O.CN1CCC(COC(=O)c2nc(-c3cc(Cl)c4ncccc4c3)c(-c3ccn(C)n3)nc2N)CC1.Cn1ccc(COC(=O)c2nc(-c3cc(Cl)c4ncccc4c3)c(-c3ccn(C)n3)nc2N)c1. The van der Waals surface area contributed by atoms with E-state index in [4.69, 9.17) is 93.0 Å². The number of ether oxygens (including phenoxy) is 5. The summed E-state index contributed by atoms with van der Waals surface area (Å²) in [5.74, 6) is -3.54. The summed E-state index contributed by atoms with van der Waals surface area (Å²) in [4.78, 5) is 134. The van der Waals surface area contributed by atoms with Gasteiger partial charge in [0.1, 0.15) is 65.4 Å². The van der Waals surface area contributed by atoms with Crippen molar-refractivity contribution in [3.8, 4) is 90.6 Å². The molecule has 1 unspecified atom stereocenters. The summed E-state index contributed by atoms with van der Waals surface area (Å²) in [5, 5.41) is 22.8.